The van der Waals surface area contributed by atoms with Crippen molar-refractivity contribution in [3.05, 3.63) is 90.5 Å². The maximum absolute atomic E-state index is 16.1. The number of hydrogen-bond acceptors (Lipinski definition) is 11. The number of alkyl halides is 1. The van der Waals surface area contributed by atoms with E-state index in [1.54, 1.807) is 31.2 Å². The average Bonchev–Trinajstić information content (AvgIpc) is 3.29. The van der Waals surface area contributed by atoms with E-state index in [2.05, 4.69) is 20.0 Å². The zero-order chi connectivity index (χ0) is 32.9. The molecule has 0 radical (unpaired) electrons. The number of nitrogens with one attached hydrogen (secondary N) is 1. The molecule has 1 saturated carbocycles. The fourth-order valence-corrected chi connectivity index (χ4v) is 7.52. The molecule has 7 atom stereocenters. The number of aliphatic hydroxyl groups excluding tert-OH is 1. The van der Waals surface area contributed by atoms with Crippen molar-refractivity contribution in [3.63, 3.8) is 0 Å². The summed E-state index contributed by atoms with van der Waals surface area (Å²) in [7, 11) is -4.37. The molecule has 4 N–H and O–H groups in total. The highest BCUT2D eigenvalue weighted by Gasteiger charge is 2.78. The number of rotatable bonds is 11. The number of carbonyl (C=O) groups is 1. The van der Waals surface area contributed by atoms with Gasteiger partial charge in [-0.2, -0.15) is 5.09 Å². The number of halogens is 1. The van der Waals surface area contributed by atoms with Gasteiger partial charge in [-0.1, -0.05) is 66.7 Å². The van der Waals surface area contributed by atoms with Gasteiger partial charge in [-0.15, -0.1) is 0 Å². The molecule has 13 nitrogen and oxygen atoms in total. The lowest BCUT2D eigenvalue weighted by atomic mass is 10.1. The van der Waals surface area contributed by atoms with Crippen molar-refractivity contribution in [1.29, 1.82) is 0 Å². The number of benzene rings is 3. The van der Waals surface area contributed by atoms with Gasteiger partial charge in [-0.05, 0) is 30.9 Å². The predicted molar refractivity (Wildman–Crippen MR) is 169 cm³/mol. The highest BCUT2D eigenvalue weighted by atomic mass is 31.2. The van der Waals surface area contributed by atoms with E-state index < -0.39 is 56.4 Å². The lowest BCUT2D eigenvalue weighted by Crippen LogP contribution is -2.37. The molecule has 3 aromatic carbocycles. The summed E-state index contributed by atoms with van der Waals surface area (Å²) < 4.78 is 54.6. The van der Waals surface area contributed by atoms with Crippen LogP contribution in [0.1, 0.15) is 24.4 Å². The van der Waals surface area contributed by atoms with Crippen LogP contribution in [0.5, 0.6) is 5.75 Å². The van der Waals surface area contributed by atoms with Gasteiger partial charge in [0.05, 0.1) is 25.0 Å². The number of aromatic nitrogens is 4. The van der Waals surface area contributed by atoms with Crippen molar-refractivity contribution in [1.82, 2.24) is 24.6 Å². The second-order valence-corrected chi connectivity index (χ2v) is 13.3. The Labute approximate surface area is 268 Å². The van der Waals surface area contributed by atoms with E-state index in [1.807, 2.05) is 48.5 Å². The molecule has 15 heteroatoms. The number of fused-ring (bicyclic) bond motifs is 3. The first kappa shape index (κ1) is 31.2. The number of nitrogen functional groups attached to an aromatic ring is 1. The number of hydrogen-bond donors (Lipinski definition) is 3. The predicted octanol–water partition coefficient (Wildman–Crippen LogP) is 4.39. The molecule has 0 amide bonds. The second-order valence-electron chi connectivity index (χ2n) is 11.6. The first-order valence-corrected chi connectivity index (χ1v) is 16.5. The van der Waals surface area contributed by atoms with E-state index in [-0.39, 0.29) is 18.2 Å². The van der Waals surface area contributed by atoms with E-state index in [0.29, 0.717) is 22.4 Å². The summed E-state index contributed by atoms with van der Waals surface area (Å²) in [5.74, 6) is -3.18. The van der Waals surface area contributed by atoms with E-state index in [9.17, 15) is 14.5 Å². The number of esters is 1. The van der Waals surface area contributed by atoms with Crippen molar-refractivity contribution in [2.45, 2.75) is 50.6 Å². The number of nitrogens with two attached hydrogens (primary N) is 1. The quantitative estimate of drug-likeness (QED) is 0.135. The van der Waals surface area contributed by atoms with Gasteiger partial charge in [0.1, 0.15) is 41.9 Å². The van der Waals surface area contributed by atoms with Crippen LogP contribution in [0.15, 0.2) is 79.1 Å². The largest absolute Gasteiger partial charge is 0.460 e. The Hall–Kier alpha value is -4.46. The maximum Gasteiger partial charge on any atom is 0.459 e. The smallest absolute Gasteiger partial charge is 0.459 e. The Morgan fingerprint density at radius 1 is 1.15 bits per heavy atom. The van der Waals surface area contributed by atoms with E-state index in [4.69, 9.17) is 24.3 Å². The minimum absolute atomic E-state index is 0.00860. The number of imidazole rings is 1. The van der Waals surface area contributed by atoms with Crippen LogP contribution in [-0.2, 0) is 30.0 Å². The molecule has 2 fully saturated rings. The van der Waals surface area contributed by atoms with Crippen molar-refractivity contribution < 1.29 is 37.4 Å². The molecule has 5 aromatic rings. The summed E-state index contributed by atoms with van der Waals surface area (Å²) in [6.07, 6.45) is -1.17. The molecule has 244 valence electrons. The van der Waals surface area contributed by atoms with Crippen LogP contribution in [0.2, 0.25) is 0 Å². The van der Waals surface area contributed by atoms with E-state index in [1.165, 1.54) is 17.8 Å². The first-order valence-electron chi connectivity index (χ1n) is 15.0. The number of ether oxygens (including phenoxy) is 2. The Kier molecular flexibility index (Phi) is 7.93. The van der Waals surface area contributed by atoms with Gasteiger partial charge in [0.25, 0.3) is 0 Å². The number of aryl methyl sites for hydroxylation is 1. The maximum atomic E-state index is 16.1. The molecule has 0 bridgehead atoms. The van der Waals surface area contributed by atoms with Crippen LogP contribution >= 0.6 is 7.75 Å². The van der Waals surface area contributed by atoms with Crippen molar-refractivity contribution >= 4 is 41.5 Å². The second kappa shape index (κ2) is 12.0. The summed E-state index contributed by atoms with van der Waals surface area (Å²) in [5, 5.41) is 15.2. The molecule has 0 spiro atoms. The summed E-state index contributed by atoms with van der Waals surface area (Å²) in [6.45, 7) is 2.60. The monoisotopic (exact) mass is 662 g/mol. The van der Waals surface area contributed by atoms with Gasteiger partial charge in [0.2, 0.25) is 5.85 Å². The fourth-order valence-electron chi connectivity index (χ4n) is 6.00. The normalized spacial score (nSPS) is 25.3. The van der Waals surface area contributed by atoms with E-state index in [0.717, 1.165) is 10.9 Å². The molecule has 1 aliphatic carbocycles. The molecular weight excluding hydrogens is 630 g/mol. The number of carbonyl (C=O) groups excluding carboxylic acids is 1. The Bertz CT molecular complexity index is 2010. The molecule has 7 rings (SSSR count). The van der Waals surface area contributed by atoms with Crippen molar-refractivity contribution in [2.24, 2.45) is 5.92 Å². The van der Waals surface area contributed by atoms with Gasteiger partial charge < -0.3 is 29.4 Å². The van der Waals surface area contributed by atoms with E-state index >= 15 is 4.39 Å². The summed E-state index contributed by atoms with van der Waals surface area (Å²) in [6, 6.07) is 19.6. The number of anilines is 1. The Balaban J connectivity index is 1.08. The topological polar surface area (TPSA) is 173 Å². The average molecular weight is 663 g/mol. The minimum Gasteiger partial charge on any atom is -0.460 e. The van der Waals surface area contributed by atoms with Gasteiger partial charge in [0, 0.05) is 5.39 Å². The molecule has 1 aliphatic heterocycles. The third kappa shape index (κ3) is 5.83. The molecule has 3 heterocycles. The van der Waals surface area contributed by atoms with Crippen LogP contribution in [0.4, 0.5) is 10.2 Å². The molecule has 1 saturated heterocycles. The highest BCUT2D eigenvalue weighted by molar-refractivity contribution is 7.52. The molecule has 3 unspecified atom stereocenters. The first-order chi connectivity index (χ1) is 22.6. The Morgan fingerprint density at radius 2 is 1.89 bits per heavy atom. The summed E-state index contributed by atoms with van der Waals surface area (Å²) in [5.41, 5.74) is 7.37. The van der Waals surface area contributed by atoms with Crippen LogP contribution in [0, 0.1) is 12.8 Å². The lowest BCUT2D eigenvalue weighted by molar-refractivity contribution is -0.146. The lowest BCUT2D eigenvalue weighted by Gasteiger charge is -2.26. The zero-order valence-corrected chi connectivity index (χ0v) is 26.3. The van der Waals surface area contributed by atoms with Crippen LogP contribution in [-0.4, -0.2) is 61.3 Å². The molecular formula is C32H32FN6O7P. The van der Waals surface area contributed by atoms with Gasteiger partial charge >= 0.3 is 13.7 Å². The molecule has 2 aliphatic rings. The molecule has 2 aromatic heterocycles. The third-order valence-electron chi connectivity index (χ3n) is 8.34. The van der Waals surface area contributed by atoms with Crippen LogP contribution in [0.25, 0.3) is 21.9 Å². The van der Waals surface area contributed by atoms with Gasteiger partial charge in [-0.25, -0.2) is 23.9 Å². The standard InChI is InChI=1S/C32H32FN6O7P/c1-18(31(41)43-15-20-9-4-3-5-10-20)38-47(42,46-23-14-8-12-21-11-6-7-13-22(21)23)44-16-24-27(40)25-28(32(25,33)45-24)39-17-35-26-29(34)36-19(2)37-30(26)39/h3-14,17-18,24-25,27-28,40H,15-16H2,1-2H3,(H,38,42)(H2,34,36,37)/t18-,24+,25?,27-,28-,32?,47?/m0/s1. The number of nitrogens with zero attached hydrogens (tertiary/aromatic N) is 4. The SMILES string of the molecule is Cc1nc(N)c2ncn([C@H]3C4[C@@H](O)[C@@H](COP(=O)(N[C@@H](C)C(=O)OCc5ccccc5)Oc5cccc6ccccc56)OC43F)c2n1. The van der Waals surface area contributed by atoms with Crippen molar-refractivity contribution in [2.75, 3.05) is 12.3 Å². The third-order valence-corrected chi connectivity index (χ3v) is 9.97. The van der Waals surface area contributed by atoms with Crippen LogP contribution in [0.3, 0.4) is 0 Å². The fraction of sp³-hybridized carbons (Fsp3) is 0.312. The van der Waals surface area contributed by atoms with Crippen LogP contribution < -0.4 is 15.3 Å². The summed E-state index contributed by atoms with van der Waals surface area (Å²) >= 11 is 0. The summed E-state index contributed by atoms with van der Waals surface area (Å²) in [4.78, 5) is 25.5. The van der Waals surface area contributed by atoms with Crippen molar-refractivity contribution in [3.8, 4) is 5.75 Å². The Morgan fingerprint density at radius 3 is 2.66 bits per heavy atom. The minimum atomic E-state index is -4.37. The number of aliphatic hydroxyl groups is 1. The zero-order valence-electron chi connectivity index (χ0n) is 25.4. The molecule has 47 heavy (non-hydrogen) atoms. The van der Waals surface area contributed by atoms with Gasteiger partial charge in [0.15, 0.2) is 11.5 Å². The highest BCUT2D eigenvalue weighted by Crippen LogP contribution is 2.66. The van der Waals surface area contributed by atoms with Gasteiger partial charge in [-0.3, -0.25) is 9.32 Å².